The predicted molar refractivity (Wildman–Crippen MR) is 64.7 cm³/mol. The van der Waals surface area contributed by atoms with Gasteiger partial charge in [0.25, 0.3) is 0 Å². The molecule has 0 radical (unpaired) electrons. The van der Waals surface area contributed by atoms with E-state index in [1.807, 2.05) is 12.1 Å². The van der Waals surface area contributed by atoms with Crippen LogP contribution in [0.3, 0.4) is 0 Å². The Morgan fingerprint density at radius 1 is 0.765 bits per heavy atom. The lowest BCUT2D eigenvalue weighted by Gasteiger charge is -2.05. The molecule has 0 saturated heterocycles. The molecule has 0 saturated carbocycles. The summed E-state index contributed by atoms with van der Waals surface area (Å²) in [6.45, 7) is 0.869. The van der Waals surface area contributed by atoms with Gasteiger partial charge in [0, 0.05) is 0 Å². The molecule has 0 spiro atoms. The first-order chi connectivity index (χ1) is 8.24. The third kappa shape index (κ3) is 3.50. The van der Waals surface area contributed by atoms with Gasteiger partial charge >= 0.3 is 0 Å². The van der Waals surface area contributed by atoms with Crippen LogP contribution in [-0.2, 0) is 18.0 Å². The van der Waals surface area contributed by atoms with Crippen LogP contribution < -0.4 is 0 Å². The monoisotopic (exact) mass is 230 g/mol. The lowest BCUT2D eigenvalue weighted by molar-refractivity contribution is 0.107. The van der Waals surface area contributed by atoms with Gasteiger partial charge in [-0.3, -0.25) is 0 Å². The van der Waals surface area contributed by atoms with Gasteiger partial charge in [-0.15, -0.1) is 0 Å². The fourth-order valence-corrected chi connectivity index (χ4v) is 1.58. The number of hydrogen-bond donors (Lipinski definition) is 2. The molecular weight excluding hydrogens is 216 g/mol. The molecular formula is C14H14O3. The molecule has 0 amide bonds. The average molecular weight is 230 g/mol. The Balaban J connectivity index is 1.87. The van der Waals surface area contributed by atoms with Gasteiger partial charge in [-0.25, -0.2) is 0 Å². The summed E-state index contributed by atoms with van der Waals surface area (Å²) in [5, 5.41) is 18.6. The van der Waals surface area contributed by atoms with Gasteiger partial charge in [-0.2, -0.15) is 0 Å². The fourth-order valence-electron chi connectivity index (χ4n) is 1.58. The van der Waals surface area contributed by atoms with E-state index in [4.69, 9.17) is 4.74 Å². The minimum absolute atomic E-state index is 0.239. The number of aromatic hydroxyl groups is 2. The van der Waals surface area contributed by atoms with Gasteiger partial charge in [0.15, 0.2) is 0 Å². The first-order valence-electron chi connectivity index (χ1n) is 5.37. The van der Waals surface area contributed by atoms with Crippen LogP contribution in [0.2, 0.25) is 0 Å². The van der Waals surface area contributed by atoms with E-state index in [0.717, 1.165) is 11.1 Å². The van der Waals surface area contributed by atoms with Crippen LogP contribution in [0.5, 0.6) is 11.5 Å². The van der Waals surface area contributed by atoms with Crippen molar-refractivity contribution >= 4 is 0 Å². The quantitative estimate of drug-likeness (QED) is 0.849. The standard InChI is InChI=1S/C14H14O3/c15-13-5-1-3-11(7-13)9-17-10-12-4-2-6-14(16)8-12/h1-8,15-16H,9-10H2. The number of benzene rings is 2. The Morgan fingerprint density at radius 3 is 1.65 bits per heavy atom. The van der Waals surface area contributed by atoms with E-state index < -0.39 is 0 Å². The molecule has 0 aliphatic carbocycles. The van der Waals surface area contributed by atoms with Crippen molar-refractivity contribution in [2.24, 2.45) is 0 Å². The minimum atomic E-state index is 0.239. The second-order valence-corrected chi connectivity index (χ2v) is 3.83. The van der Waals surface area contributed by atoms with Crippen LogP contribution in [0.25, 0.3) is 0 Å². The third-order valence-electron chi connectivity index (χ3n) is 2.36. The van der Waals surface area contributed by atoms with E-state index in [-0.39, 0.29) is 11.5 Å². The van der Waals surface area contributed by atoms with Crippen molar-refractivity contribution in [3.8, 4) is 11.5 Å². The molecule has 2 N–H and O–H groups in total. The highest BCUT2D eigenvalue weighted by atomic mass is 16.5. The van der Waals surface area contributed by atoms with Crippen LogP contribution in [0.15, 0.2) is 48.5 Å². The van der Waals surface area contributed by atoms with Crippen molar-refractivity contribution in [3.63, 3.8) is 0 Å². The molecule has 0 aliphatic heterocycles. The third-order valence-corrected chi connectivity index (χ3v) is 2.36. The lowest BCUT2D eigenvalue weighted by atomic mass is 10.2. The van der Waals surface area contributed by atoms with E-state index >= 15 is 0 Å². The van der Waals surface area contributed by atoms with Crippen LogP contribution >= 0.6 is 0 Å². The van der Waals surface area contributed by atoms with E-state index in [9.17, 15) is 10.2 Å². The van der Waals surface area contributed by atoms with Crippen LogP contribution in [-0.4, -0.2) is 10.2 Å². The summed E-state index contributed by atoms with van der Waals surface area (Å²) in [7, 11) is 0. The Bertz CT molecular complexity index is 449. The predicted octanol–water partition coefficient (Wildman–Crippen LogP) is 2.81. The molecule has 2 rings (SSSR count). The van der Waals surface area contributed by atoms with Crippen LogP contribution in [0, 0.1) is 0 Å². The summed E-state index contributed by atoms with van der Waals surface area (Å²) in [5.41, 5.74) is 1.84. The SMILES string of the molecule is Oc1cccc(COCc2cccc(O)c2)c1. The highest BCUT2D eigenvalue weighted by molar-refractivity contribution is 5.27. The maximum atomic E-state index is 9.28. The summed E-state index contributed by atoms with van der Waals surface area (Å²) >= 11 is 0. The zero-order valence-corrected chi connectivity index (χ0v) is 9.34. The van der Waals surface area contributed by atoms with Gasteiger partial charge in [0.05, 0.1) is 13.2 Å². The van der Waals surface area contributed by atoms with Crippen molar-refractivity contribution in [2.75, 3.05) is 0 Å². The smallest absolute Gasteiger partial charge is 0.115 e. The topological polar surface area (TPSA) is 49.7 Å². The number of hydrogen-bond acceptors (Lipinski definition) is 3. The van der Waals surface area contributed by atoms with Crippen LogP contribution in [0.1, 0.15) is 11.1 Å². The number of phenolic OH excluding ortho intramolecular Hbond substituents is 2. The summed E-state index contributed by atoms with van der Waals surface area (Å²) in [6.07, 6.45) is 0. The molecule has 0 bridgehead atoms. The van der Waals surface area contributed by atoms with Crippen molar-refractivity contribution in [1.82, 2.24) is 0 Å². The molecule has 0 aromatic heterocycles. The van der Waals surface area contributed by atoms with Gasteiger partial charge < -0.3 is 14.9 Å². The van der Waals surface area contributed by atoms with Gasteiger partial charge in [-0.1, -0.05) is 24.3 Å². The van der Waals surface area contributed by atoms with Crippen molar-refractivity contribution in [2.45, 2.75) is 13.2 Å². The molecule has 0 heterocycles. The Kier molecular flexibility index (Phi) is 3.62. The Hall–Kier alpha value is -2.00. The number of phenols is 2. The molecule has 88 valence electrons. The maximum absolute atomic E-state index is 9.28. The van der Waals surface area contributed by atoms with Crippen molar-refractivity contribution in [3.05, 3.63) is 59.7 Å². The van der Waals surface area contributed by atoms with Gasteiger partial charge in [0.2, 0.25) is 0 Å². The van der Waals surface area contributed by atoms with E-state index in [1.165, 1.54) is 0 Å². The van der Waals surface area contributed by atoms with Gasteiger partial charge in [0.1, 0.15) is 11.5 Å². The van der Waals surface area contributed by atoms with Crippen LogP contribution in [0.4, 0.5) is 0 Å². The summed E-state index contributed by atoms with van der Waals surface area (Å²) in [5.74, 6) is 0.479. The summed E-state index contributed by atoms with van der Waals surface area (Å²) in [6, 6.07) is 13.9. The zero-order chi connectivity index (χ0) is 12.1. The Morgan fingerprint density at radius 2 is 1.24 bits per heavy atom. The number of ether oxygens (including phenoxy) is 1. The highest BCUT2D eigenvalue weighted by Gasteiger charge is 1.97. The first-order valence-corrected chi connectivity index (χ1v) is 5.37. The molecule has 17 heavy (non-hydrogen) atoms. The molecule has 0 atom stereocenters. The summed E-state index contributed by atoms with van der Waals surface area (Å²) in [4.78, 5) is 0. The van der Waals surface area contributed by atoms with Crippen molar-refractivity contribution in [1.29, 1.82) is 0 Å². The highest BCUT2D eigenvalue weighted by Crippen LogP contribution is 2.14. The first kappa shape index (κ1) is 11.5. The van der Waals surface area contributed by atoms with E-state index in [0.29, 0.717) is 13.2 Å². The second-order valence-electron chi connectivity index (χ2n) is 3.83. The lowest BCUT2D eigenvalue weighted by Crippen LogP contribution is -1.93. The molecule has 3 heteroatoms. The fraction of sp³-hybridized carbons (Fsp3) is 0.143. The minimum Gasteiger partial charge on any atom is -0.508 e. The zero-order valence-electron chi connectivity index (χ0n) is 9.34. The maximum Gasteiger partial charge on any atom is 0.115 e. The average Bonchev–Trinajstić information content (AvgIpc) is 2.29. The second kappa shape index (κ2) is 5.37. The molecule has 0 aliphatic rings. The molecule has 2 aromatic rings. The molecule has 3 nitrogen and oxygen atoms in total. The Labute approximate surface area is 99.9 Å². The van der Waals surface area contributed by atoms with Crippen molar-refractivity contribution < 1.29 is 14.9 Å². The molecule has 0 unspecified atom stereocenters. The summed E-state index contributed by atoms with van der Waals surface area (Å²) < 4.78 is 5.49. The van der Waals surface area contributed by atoms with E-state index in [1.54, 1.807) is 36.4 Å². The molecule has 0 fully saturated rings. The normalized spacial score (nSPS) is 10.4. The van der Waals surface area contributed by atoms with Gasteiger partial charge in [-0.05, 0) is 35.4 Å². The number of rotatable bonds is 4. The van der Waals surface area contributed by atoms with E-state index in [2.05, 4.69) is 0 Å². The largest absolute Gasteiger partial charge is 0.508 e. The molecule has 2 aromatic carbocycles.